The Hall–Kier alpha value is -3.07. The number of hydrogen-bond donors (Lipinski definition) is 2. The smallest absolute Gasteiger partial charge is 0.190 e. The molecule has 4 aromatic rings. The number of anilines is 4. The Morgan fingerprint density at radius 1 is 1.03 bits per heavy atom. The van der Waals surface area contributed by atoms with Crippen molar-refractivity contribution in [2.24, 2.45) is 0 Å². The van der Waals surface area contributed by atoms with Crippen LogP contribution in [-0.2, 0) is 11.3 Å². The summed E-state index contributed by atoms with van der Waals surface area (Å²) in [6.45, 7) is 8.43. The molecule has 1 aliphatic rings. The average molecular weight is 447 g/mol. The van der Waals surface area contributed by atoms with Crippen LogP contribution in [0.15, 0.2) is 48.7 Å². The lowest BCUT2D eigenvalue weighted by Crippen LogP contribution is -2.35. The van der Waals surface area contributed by atoms with Crippen molar-refractivity contribution in [1.29, 1.82) is 0 Å². The van der Waals surface area contributed by atoms with Gasteiger partial charge in [0, 0.05) is 37.1 Å². The summed E-state index contributed by atoms with van der Waals surface area (Å²) in [5.41, 5.74) is 5.41. The number of ether oxygens (including phenoxy) is 1. The maximum Gasteiger partial charge on any atom is 0.190 e. The first-order valence-corrected chi connectivity index (χ1v) is 11.6. The van der Waals surface area contributed by atoms with E-state index in [9.17, 15) is 0 Å². The number of hydrogen-bond acceptors (Lipinski definition) is 8. The van der Waals surface area contributed by atoms with Gasteiger partial charge in [0.15, 0.2) is 5.13 Å². The molecule has 1 saturated heterocycles. The molecule has 1 aromatic carbocycles. The first kappa shape index (κ1) is 20.8. The largest absolute Gasteiger partial charge is 0.379 e. The van der Waals surface area contributed by atoms with Gasteiger partial charge >= 0.3 is 0 Å². The van der Waals surface area contributed by atoms with Crippen LogP contribution in [0.4, 0.5) is 22.5 Å². The van der Waals surface area contributed by atoms with Crippen LogP contribution < -0.4 is 10.6 Å². The maximum absolute atomic E-state index is 5.47. The lowest BCUT2D eigenvalue weighted by Gasteiger charge is -2.27. The van der Waals surface area contributed by atoms with E-state index in [0.717, 1.165) is 76.8 Å². The molecule has 0 spiro atoms. The average Bonchev–Trinajstić information content (AvgIpc) is 3.20. The number of aryl methyl sites for hydroxylation is 2. The van der Waals surface area contributed by atoms with Crippen LogP contribution in [0.5, 0.6) is 0 Å². The van der Waals surface area contributed by atoms with Crippen molar-refractivity contribution >= 4 is 44.1 Å². The highest BCUT2D eigenvalue weighted by Crippen LogP contribution is 2.31. The molecule has 1 fully saturated rings. The van der Waals surface area contributed by atoms with E-state index >= 15 is 0 Å². The number of fused-ring (bicyclic) bond motifs is 1. The third kappa shape index (κ3) is 4.72. The van der Waals surface area contributed by atoms with Gasteiger partial charge in [-0.15, -0.1) is 0 Å². The molecule has 5 rings (SSSR count). The lowest BCUT2D eigenvalue weighted by molar-refractivity contribution is 0.0342. The molecule has 4 heterocycles. The van der Waals surface area contributed by atoms with Gasteiger partial charge in [0.1, 0.15) is 22.0 Å². The van der Waals surface area contributed by atoms with E-state index in [1.807, 2.05) is 18.3 Å². The summed E-state index contributed by atoms with van der Waals surface area (Å²) in [4.78, 5) is 17.5. The minimum atomic E-state index is 0.783. The number of benzene rings is 1. The Morgan fingerprint density at radius 2 is 1.84 bits per heavy atom. The van der Waals surface area contributed by atoms with Gasteiger partial charge in [-0.1, -0.05) is 35.1 Å². The van der Waals surface area contributed by atoms with Crippen LogP contribution in [0, 0.1) is 13.8 Å². The third-order valence-corrected chi connectivity index (χ3v) is 6.36. The molecule has 2 N–H and O–H groups in total. The second-order valence-electron chi connectivity index (χ2n) is 8.01. The molecule has 0 unspecified atom stereocenters. The van der Waals surface area contributed by atoms with Gasteiger partial charge in [0.05, 0.1) is 13.2 Å². The number of nitrogens with zero attached hydrogens (tertiary/aromatic N) is 4. The fraction of sp³-hybridized carbons (Fsp3) is 0.292. The van der Waals surface area contributed by atoms with Crippen LogP contribution >= 0.6 is 11.3 Å². The molecule has 0 bridgehead atoms. The van der Waals surface area contributed by atoms with Crippen LogP contribution in [0.25, 0.3) is 10.3 Å². The van der Waals surface area contributed by atoms with E-state index in [2.05, 4.69) is 64.7 Å². The first-order valence-electron chi connectivity index (χ1n) is 10.8. The van der Waals surface area contributed by atoms with E-state index in [4.69, 9.17) is 14.7 Å². The molecule has 0 saturated carbocycles. The van der Waals surface area contributed by atoms with E-state index in [-0.39, 0.29) is 0 Å². The number of morpholine rings is 1. The van der Waals surface area contributed by atoms with Crippen molar-refractivity contribution < 1.29 is 4.74 Å². The Labute approximate surface area is 191 Å². The van der Waals surface area contributed by atoms with Crippen molar-refractivity contribution in [3.8, 4) is 0 Å². The summed E-state index contributed by atoms with van der Waals surface area (Å²) >= 11 is 1.54. The lowest BCUT2D eigenvalue weighted by atomic mass is 10.2. The fourth-order valence-corrected chi connectivity index (χ4v) is 4.66. The molecule has 0 atom stereocenters. The fourth-order valence-electron chi connectivity index (χ4n) is 3.74. The molecule has 7 nitrogen and oxygen atoms in total. The van der Waals surface area contributed by atoms with Gasteiger partial charge in [-0.25, -0.2) is 15.0 Å². The second-order valence-corrected chi connectivity index (χ2v) is 8.99. The summed E-state index contributed by atoms with van der Waals surface area (Å²) in [5.74, 6) is 1.66. The first-order chi connectivity index (χ1) is 15.6. The number of pyridine rings is 2. The van der Waals surface area contributed by atoms with Crippen molar-refractivity contribution in [2.45, 2.75) is 20.4 Å². The number of thiazole rings is 1. The zero-order chi connectivity index (χ0) is 21.9. The van der Waals surface area contributed by atoms with Crippen LogP contribution in [0.1, 0.15) is 16.7 Å². The van der Waals surface area contributed by atoms with Crippen LogP contribution in [-0.4, -0.2) is 46.2 Å². The Morgan fingerprint density at radius 3 is 2.66 bits per heavy atom. The van der Waals surface area contributed by atoms with Gasteiger partial charge in [0.2, 0.25) is 0 Å². The summed E-state index contributed by atoms with van der Waals surface area (Å²) < 4.78 is 5.47. The number of aromatic nitrogens is 3. The van der Waals surface area contributed by atoms with Crippen LogP contribution in [0.2, 0.25) is 0 Å². The highest BCUT2D eigenvalue weighted by molar-refractivity contribution is 7.21. The predicted molar refractivity (Wildman–Crippen MR) is 130 cm³/mol. The summed E-state index contributed by atoms with van der Waals surface area (Å²) in [5, 5.41) is 7.63. The Bertz CT molecular complexity index is 1220. The number of nitrogens with one attached hydrogen (secondary N) is 2. The van der Waals surface area contributed by atoms with E-state index in [1.165, 1.54) is 5.56 Å². The maximum atomic E-state index is 5.47. The molecule has 1 aliphatic heterocycles. The SMILES string of the molecule is Cc1ccc(Nc2cc(C)c3nc(Nc4ncccc4CN4CCOCC4)sc3n2)cc1. The minimum Gasteiger partial charge on any atom is -0.379 e. The summed E-state index contributed by atoms with van der Waals surface area (Å²) in [7, 11) is 0. The second kappa shape index (κ2) is 9.20. The van der Waals surface area contributed by atoms with Gasteiger partial charge < -0.3 is 15.4 Å². The highest BCUT2D eigenvalue weighted by atomic mass is 32.1. The van der Waals surface area contributed by atoms with Gasteiger partial charge in [-0.3, -0.25) is 4.90 Å². The molecule has 0 aliphatic carbocycles. The van der Waals surface area contributed by atoms with Gasteiger partial charge in [-0.05, 0) is 43.7 Å². The van der Waals surface area contributed by atoms with E-state index in [0.29, 0.717) is 0 Å². The predicted octanol–water partition coefficient (Wildman–Crippen LogP) is 5.02. The monoisotopic (exact) mass is 446 g/mol. The number of rotatable bonds is 6. The summed E-state index contributed by atoms with van der Waals surface area (Å²) in [6, 6.07) is 14.4. The third-order valence-electron chi connectivity index (χ3n) is 5.50. The van der Waals surface area contributed by atoms with Gasteiger partial charge in [0.25, 0.3) is 0 Å². The molecule has 8 heteroatoms. The molecule has 0 amide bonds. The van der Waals surface area contributed by atoms with Crippen molar-refractivity contribution in [3.05, 3.63) is 65.4 Å². The molecule has 32 heavy (non-hydrogen) atoms. The van der Waals surface area contributed by atoms with E-state index < -0.39 is 0 Å². The molecular weight excluding hydrogens is 420 g/mol. The zero-order valence-corrected chi connectivity index (χ0v) is 19.1. The topological polar surface area (TPSA) is 75.2 Å². The van der Waals surface area contributed by atoms with Crippen LogP contribution in [0.3, 0.4) is 0 Å². The Balaban J connectivity index is 1.37. The minimum absolute atomic E-state index is 0.783. The standard InChI is InChI=1S/C24H26N6OS/c1-16-5-7-19(8-6-16)26-20-14-17(2)21-23(27-20)32-24(28-21)29-22-18(4-3-9-25-22)15-30-10-12-31-13-11-30/h3-9,14H,10-13,15H2,1-2H3,(H,26,27)(H,25,28,29). The quantitative estimate of drug-likeness (QED) is 0.431. The highest BCUT2D eigenvalue weighted by Gasteiger charge is 2.15. The normalized spacial score (nSPS) is 14.6. The summed E-state index contributed by atoms with van der Waals surface area (Å²) in [6.07, 6.45) is 1.81. The molecular formula is C24H26N6OS. The van der Waals surface area contributed by atoms with E-state index in [1.54, 1.807) is 11.3 Å². The van der Waals surface area contributed by atoms with Crippen molar-refractivity contribution in [3.63, 3.8) is 0 Å². The molecule has 3 aromatic heterocycles. The van der Waals surface area contributed by atoms with Crippen molar-refractivity contribution in [2.75, 3.05) is 36.9 Å². The van der Waals surface area contributed by atoms with Crippen molar-refractivity contribution in [1.82, 2.24) is 19.9 Å². The Kier molecular flexibility index (Phi) is 5.98. The molecule has 0 radical (unpaired) electrons. The zero-order valence-electron chi connectivity index (χ0n) is 18.3. The van der Waals surface area contributed by atoms with Gasteiger partial charge in [-0.2, -0.15) is 0 Å². The molecule has 164 valence electrons.